The molecule has 1 saturated carbocycles. The average molecular weight is 368 g/mol. The van der Waals surface area contributed by atoms with Gasteiger partial charge in [-0.15, -0.1) is 0 Å². The van der Waals surface area contributed by atoms with Gasteiger partial charge >= 0.3 is 6.18 Å². The zero-order chi connectivity index (χ0) is 18.7. The number of alkyl halides is 3. The van der Waals surface area contributed by atoms with Gasteiger partial charge < -0.3 is 4.90 Å². The summed E-state index contributed by atoms with van der Waals surface area (Å²) < 4.78 is 38.0. The number of rotatable bonds is 4. The van der Waals surface area contributed by atoms with Crippen LogP contribution in [0.3, 0.4) is 0 Å². The first-order chi connectivity index (χ1) is 12.3. The monoisotopic (exact) mass is 368 g/mol. The summed E-state index contributed by atoms with van der Waals surface area (Å²) in [6.45, 7) is 5.29. The van der Waals surface area contributed by atoms with Crippen LogP contribution in [0.5, 0.6) is 0 Å². The molecule has 1 aromatic rings. The number of carbonyl (C=O) groups is 1. The predicted molar refractivity (Wildman–Crippen MR) is 94.9 cm³/mol. The number of piperazine rings is 1. The van der Waals surface area contributed by atoms with Crippen molar-refractivity contribution >= 4 is 5.91 Å². The Morgan fingerprint density at radius 2 is 1.65 bits per heavy atom. The lowest BCUT2D eigenvalue weighted by Gasteiger charge is -2.38. The number of amides is 1. The third-order valence-corrected chi connectivity index (χ3v) is 5.80. The van der Waals surface area contributed by atoms with Crippen molar-refractivity contribution in [3.05, 3.63) is 35.4 Å². The van der Waals surface area contributed by atoms with E-state index < -0.39 is 11.7 Å². The Bertz CT molecular complexity index is 600. The summed E-state index contributed by atoms with van der Waals surface area (Å²) >= 11 is 0. The fourth-order valence-electron chi connectivity index (χ4n) is 4.12. The minimum absolute atomic E-state index is 0.0855. The van der Waals surface area contributed by atoms with E-state index >= 15 is 0 Å². The van der Waals surface area contributed by atoms with Crippen LogP contribution >= 0.6 is 0 Å². The van der Waals surface area contributed by atoms with Gasteiger partial charge in [-0.3, -0.25) is 9.69 Å². The Balaban J connectivity index is 1.50. The molecule has 3 nitrogen and oxygen atoms in total. The zero-order valence-electron chi connectivity index (χ0n) is 15.3. The molecule has 3 rings (SSSR count). The maximum Gasteiger partial charge on any atom is 0.416 e. The van der Waals surface area contributed by atoms with Gasteiger partial charge in [-0.05, 0) is 36.5 Å². The summed E-state index contributed by atoms with van der Waals surface area (Å²) in [7, 11) is 0. The average Bonchev–Trinajstić information content (AvgIpc) is 3.16. The van der Waals surface area contributed by atoms with E-state index in [0.717, 1.165) is 43.9 Å². The van der Waals surface area contributed by atoms with Crippen LogP contribution in [0, 0.1) is 0 Å². The topological polar surface area (TPSA) is 23.6 Å². The lowest BCUT2D eigenvalue weighted by molar-refractivity contribution is -0.137. The summed E-state index contributed by atoms with van der Waals surface area (Å²) in [4.78, 5) is 17.0. The van der Waals surface area contributed by atoms with Crippen molar-refractivity contribution < 1.29 is 18.0 Å². The van der Waals surface area contributed by atoms with Crippen molar-refractivity contribution in [3.8, 4) is 0 Å². The molecule has 0 bridgehead atoms. The molecule has 1 aliphatic carbocycles. The highest BCUT2D eigenvalue weighted by Crippen LogP contribution is 2.31. The van der Waals surface area contributed by atoms with Crippen LogP contribution in [-0.2, 0) is 11.0 Å². The number of nitrogens with zero attached hydrogens (tertiary/aromatic N) is 2. The molecule has 26 heavy (non-hydrogen) atoms. The minimum atomic E-state index is -4.32. The molecule has 1 atom stereocenters. The second kappa shape index (κ2) is 7.99. The minimum Gasteiger partial charge on any atom is -0.340 e. The van der Waals surface area contributed by atoms with Gasteiger partial charge in [0.15, 0.2) is 0 Å². The van der Waals surface area contributed by atoms with Crippen LogP contribution in [-0.4, -0.2) is 47.9 Å². The fourth-order valence-corrected chi connectivity index (χ4v) is 4.12. The van der Waals surface area contributed by atoms with E-state index in [-0.39, 0.29) is 11.8 Å². The van der Waals surface area contributed by atoms with E-state index in [1.165, 1.54) is 37.8 Å². The molecule has 0 radical (unpaired) electrons. The molecule has 1 saturated heterocycles. The Hall–Kier alpha value is -1.56. The second-order valence-corrected chi connectivity index (χ2v) is 7.58. The van der Waals surface area contributed by atoms with Crippen LogP contribution in [0.2, 0.25) is 0 Å². The molecule has 1 amide bonds. The lowest BCUT2D eigenvalue weighted by Crippen LogP contribution is -2.51. The molecule has 2 aliphatic rings. The zero-order valence-corrected chi connectivity index (χ0v) is 15.3. The van der Waals surface area contributed by atoms with Crippen LogP contribution in [0.25, 0.3) is 0 Å². The first-order valence-electron chi connectivity index (χ1n) is 9.53. The van der Waals surface area contributed by atoms with Crippen LogP contribution in [0.15, 0.2) is 24.3 Å². The van der Waals surface area contributed by atoms with Crippen molar-refractivity contribution in [2.45, 2.75) is 57.2 Å². The highest BCUT2D eigenvalue weighted by atomic mass is 19.4. The standard InChI is InChI=1S/C20H27F3N2O/c1-15(16-6-8-17(9-7-16)20(21,22)23)14-19(26)25-12-10-24(11-13-25)18-4-2-3-5-18/h6-9,15,18H,2-5,10-14H2,1H3. The molecule has 2 fully saturated rings. The quantitative estimate of drug-likeness (QED) is 0.792. The van der Waals surface area contributed by atoms with Gasteiger partial charge in [0, 0.05) is 38.6 Å². The lowest BCUT2D eigenvalue weighted by atomic mass is 9.96. The maximum absolute atomic E-state index is 12.7. The first kappa shape index (κ1) is 19.2. The SMILES string of the molecule is CC(CC(=O)N1CCN(C2CCCC2)CC1)c1ccc(C(F)(F)F)cc1. The predicted octanol–water partition coefficient (Wildman–Crippen LogP) is 4.29. The van der Waals surface area contributed by atoms with E-state index in [0.29, 0.717) is 12.5 Å². The van der Waals surface area contributed by atoms with E-state index in [2.05, 4.69) is 4.90 Å². The number of benzene rings is 1. The van der Waals surface area contributed by atoms with Gasteiger partial charge in [-0.1, -0.05) is 31.9 Å². The summed E-state index contributed by atoms with van der Waals surface area (Å²) in [5, 5.41) is 0. The molecule has 1 aliphatic heterocycles. The molecular formula is C20H27F3N2O. The maximum atomic E-state index is 12.7. The van der Waals surface area contributed by atoms with E-state index in [4.69, 9.17) is 0 Å². The smallest absolute Gasteiger partial charge is 0.340 e. The summed E-state index contributed by atoms with van der Waals surface area (Å²) in [6.07, 6.45) is 1.20. The number of hydrogen-bond acceptors (Lipinski definition) is 2. The summed E-state index contributed by atoms with van der Waals surface area (Å²) in [6, 6.07) is 5.85. The van der Waals surface area contributed by atoms with Crippen molar-refractivity contribution in [1.82, 2.24) is 9.80 Å². The van der Waals surface area contributed by atoms with Crippen molar-refractivity contribution in [2.24, 2.45) is 0 Å². The number of hydrogen-bond donors (Lipinski definition) is 0. The highest BCUT2D eigenvalue weighted by molar-refractivity contribution is 5.77. The number of carbonyl (C=O) groups excluding carboxylic acids is 1. The van der Waals surface area contributed by atoms with Crippen molar-refractivity contribution in [2.75, 3.05) is 26.2 Å². The van der Waals surface area contributed by atoms with Crippen LogP contribution < -0.4 is 0 Å². The number of halogens is 3. The van der Waals surface area contributed by atoms with Gasteiger partial charge in [0.1, 0.15) is 0 Å². The van der Waals surface area contributed by atoms with Crippen molar-refractivity contribution in [1.29, 1.82) is 0 Å². The Morgan fingerprint density at radius 3 is 2.19 bits per heavy atom. The third-order valence-electron chi connectivity index (χ3n) is 5.80. The van der Waals surface area contributed by atoms with Gasteiger partial charge in [0.2, 0.25) is 5.91 Å². The molecule has 1 unspecified atom stereocenters. The van der Waals surface area contributed by atoms with Gasteiger partial charge in [-0.2, -0.15) is 13.2 Å². The summed E-state index contributed by atoms with van der Waals surface area (Å²) in [5.74, 6) is 0.0149. The van der Waals surface area contributed by atoms with E-state index in [9.17, 15) is 18.0 Å². The normalized spacial score (nSPS) is 21.2. The van der Waals surface area contributed by atoms with Gasteiger partial charge in [0.05, 0.1) is 5.56 Å². The molecular weight excluding hydrogens is 341 g/mol. The molecule has 144 valence electrons. The molecule has 0 aromatic heterocycles. The molecule has 6 heteroatoms. The highest BCUT2D eigenvalue weighted by Gasteiger charge is 2.31. The third kappa shape index (κ3) is 4.58. The Kier molecular flexibility index (Phi) is 5.90. The molecule has 0 N–H and O–H groups in total. The van der Waals surface area contributed by atoms with E-state index in [1.807, 2.05) is 11.8 Å². The largest absolute Gasteiger partial charge is 0.416 e. The molecule has 1 aromatic carbocycles. The Morgan fingerprint density at radius 1 is 1.08 bits per heavy atom. The molecule has 0 spiro atoms. The van der Waals surface area contributed by atoms with Gasteiger partial charge in [0.25, 0.3) is 0 Å². The van der Waals surface area contributed by atoms with Gasteiger partial charge in [-0.25, -0.2) is 0 Å². The van der Waals surface area contributed by atoms with Crippen molar-refractivity contribution in [3.63, 3.8) is 0 Å². The molecule has 1 heterocycles. The van der Waals surface area contributed by atoms with Crippen LogP contribution in [0.4, 0.5) is 13.2 Å². The summed E-state index contributed by atoms with van der Waals surface area (Å²) in [5.41, 5.74) is 0.124. The Labute approximate surface area is 153 Å². The fraction of sp³-hybridized carbons (Fsp3) is 0.650. The second-order valence-electron chi connectivity index (χ2n) is 7.58. The van der Waals surface area contributed by atoms with E-state index in [1.54, 1.807) is 0 Å². The van der Waals surface area contributed by atoms with Crippen LogP contribution in [0.1, 0.15) is 56.1 Å². The first-order valence-corrected chi connectivity index (χ1v) is 9.53.